The zero-order valence-corrected chi connectivity index (χ0v) is 13.0. The molecule has 3 rings (SSSR count). The van der Waals surface area contributed by atoms with Crippen LogP contribution in [0.15, 0.2) is 18.2 Å². The maximum atomic E-state index is 3.70. The Balaban J connectivity index is 1.54. The fourth-order valence-corrected chi connectivity index (χ4v) is 3.29. The highest BCUT2D eigenvalue weighted by Crippen LogP contribution is 2.23. The van der Waals surface area contributed by atoms with Crippen LogP contribution in [0.4, 0.5) is 0 Å². The van der Waals surface area contributed by atoms with E-state index in [4.69, 9.17) is 0 Å². The van der Waals surface area contributed by atoms with Crippen LogP contribution in [-0.2, 0) is 6.54 Å². The minimum atomic E-state index is 0.851. The molecular formula is C18H28N2. The molecule has 2 fully saturated rings. The first kappa shape index (κ1) is 14.1. The predicted molar refractivity (Wildman–Crippen MR) is 84.9 cm³/mol. The van der Waals surface area contributed by atoms with Crippen molar-refractivity contribution in [2.45, 2.75) is 52.1 Å². The van der Waals surface area contributed by atoms with Crippen molar-refractivity contribution in [3.8, 4) is 0 Å². The molecule has 1 saturated carbocycles. The molecule has 1 aromatic carbocycles. The minimum absolute atomic E-state index is 0.851. The summed E-state index contributed by atoms with van der Waals surface area (Å²) in [4.78, 5) is 2.66. The number of hydrogen-bond donors (Lipinski definition) is 1. The first-order valence-corrected chi connectivity index (χ1v) is 8.22. The summed E-state index contributed by atoms with van der Waals surface area (Å²) in [5.41, 5.74) is 4.34. The number of piperidine rings is 1. The smallest absolute Gasteiger partial charge is 0.0236 e. The average Bonchev–Trinajstić information content (AvgIpc) is 3.25. The normalized spacial score (nSPS) is 24.0. The lowest BCUT2D eigenvalue weighted by molar-refractivity contribution is 0.165. The van der Waals surface area contributed by atoms with E-state index in [1.165, 1.54) is 62.0 Å². The van der Waals surface area contributed by atoms with Gasteiger partial charge in [-0.05, 0) is 69.7 Å². The highest BCUT2D eigenvalue weighted by atomic mass is 15.1. The second kappa shape index (κ2) is 6.28. The molecule has 2 heteroatoms. The Hall–Kier alpha value is -0.860. The first-order chi connectivity index (χ1) is 9.70. The molecule has 0 bridgehead atoms. The Labute approximate surface area is 123 Å². The number of aryl methyl sites for hydroxylation is 2. The van der Waals surface area contributed by atoms with E-state index in [0.717, 1.165) is 18.5 Å². The van der Waals surface area contributed by atoms with E-state index in [0.29, 0.717) is 0 Å². The highest BCUT2D eigenvalue weighted by Gasteiger charge is 2.24. The monoisotopic (exact) mass is 272 g/mol. The van der Waals surface area contributed by atoms with Crippen LogP contribution in [0.25, 0.3) is 0 Å². The number of benzene rings is 1. The molecule has 1 atom stereocenters. The van der Waals surface area contributed by atoms with Crippen LogP contribution in [0.3, 0.4) is 0 Å². The Morgan fingerprint density at radius 1 is 1.20 bits per heavy atom. The molecular weight excluding hydrogens is 244 g/mol. The van der Waals surface area contributed by atoms with Gasteiger partial charge in [0.1, 0.15) is 0 Å². The molecule has 1 heterocycles. The van der Waals surface area contributed by atoms with Gasteiger partial charge in [0.25, 0.3) is 0 Å². The third kappa shape index (κ3) is 3.83. The summed E-state index contributed by atoms with van der Waals surface area (Å²) >= 11 is 0. The van der Waals surface area contributed by atoms with Crippen LogP contribution in [0.5, 0.6) is 0 Å². The molecule has 0 radical (unpaired) electrons. The van der Waals surface area contributed by atoms with Gasteiger partial charge >= 0.3 is 0 Å². The van der Waals surface area contributed by atoms with Crippen molar-refractivity contribution in [1.29, 1.82) is 0 Å². The van der Waals surface area contributed by atoms with E-state index in [2.05, 4.69) is 42.3 Å². The van der Waals surface area contributed by atoms with Crippen molar-refractivity contribution < 1.29 is 0 Å². The van der Waals surface area contributed by atoms with Gasteiger partial charge in [-0.15, -0.1) is 0 Å². The van der Waals surface area contributed by atoms with E-state index in [1.54, 1.807) is 0 Å². The maximum Gasteiger partial charge on any atom is 0.0236 e. The van der Waals surface area contributed by atoms with Crippen molar-refractivity contribution in [3.05, 3.63) is 34.9 Å². The fraction of sp³-hybridized carbons (Fsp3) is 0.667. The third-order valence-electron chi connectivity index (χ3n) is 4.77. The van der Waals surface area contributed by atoms with Crippen LogP contribution >= 0.6 is 0 Å². The summed E-state index contributed by atoms with van der Waals surface area (Å²) in [5, 5.41) is 3.70. The molecule has 2 nitrogen and oxygen atoms in total. The van der Waals surface area contributed by atoms with Crippen molar-refractivity contribution in [1.82, 2.24) is 10.2 Å². The number of likely N-dealkylation sites (tertiary alicyclic amines) is 1. The van der Waals surface area contributed by atoms with E-state index in [-0.39, 0.29) is 0 Å². The molecule has 1 saturated heterocycles. The van der Waals surface area contributed by atoms with Crippen molar-refractivity contribution in [2.24, 2.45) is 5.92 Å². The highest BCUT2D eigenvalue weighted by molar-refractivity contribution is 5.30. The molecule has 1 aliphatic carbocycles. The number of nitrogens with one attached hydrogen (secondary N) is 1. The molecule has 0 amide bonds. The van der Waals surface area contributed by atoms with E-state index >= 15 is 0 Å². The zero-order valence-electron chi connectivity index (χ0n) is 13.0. The second-order valence-electron chi connectivity index (χ2n) is 6.86. The topological polar surface area (TPSA) is 15.3 Å². The van der Waals surface area contributed by atoms with Gasteiger partial charge in [0.2, 0.25) is 0 Å². The van der Waals surface area contributed by atoms with Crippen LogP contribution in [0, 0.1) is 19.8 Å². The Morgan fingerprint density at radius 3 is 2.85 bits per heavy atom. The summed E-state index contributed by atoms with van der Waals surface area (Å²) in [6.45, 7) is 9.34. The van der Waals surface area contributed by atoms with Crippen LogP contribution in [0.2, 0.25) is 0 Å². The van der Waals surface area contributed by atoms with Crippen molar-refractivity contribution >= 4 is 0 Å². The van der Waals surface area contributed by atoms with Gasteiger partial charge in [0.15, 0.2) is 0 Å². The van der Waals surface area contributed by atoms with Crippen LogP contribution in [0.1, 0.15) is 42.4 Å². The van der Waals surface area contributed by atoms with Gasteiger partial charge in [-0.2, -0.15) is 0 Å². The minimum Gasteiger partial charge on any atom is -0.314 e. The van der Waals surface area contributed by atoms with Crippen molar-refractivity contribution in [2.75, 3.05) is 19.6 Å². The molecule has 0 spiro atoms. The molecule has 2 aliphatic rings. The summed E-state index contributed by atoms with van der Waals surface area (Å²) in [6.07, 6.45) is 5.57. The molecule has 1 unspecified atom stereocenters. The largest absolute Gasteiger partial charge is 0.314 e. The third-order valence-corrected chi connectivity index (χ3v) is 4.77. The van der Waals surface area contributed by atoms with E-state index in [1.807, 2.05) is 0 Å². The maximum absolute atomic E-state index is 3.70. The Morgan fingerprint density at radius 2 is 2.05 bits per heavy atom. The number of hydrogen-bond acceptors (Lipinski definition) is 2. The van der Waals surface area contributed by atoms with Gasteiger partial charge in [-0.3, -0.25) is 4.90 Å². The molecule has 20 heavy (non-hydrogen) atoms. The summed E-state index contributed by atoms with van der Waals surface area (Å²) in [5.74, 6) is 0.856. The molecule has 1 aliphatic heterocycles. The van der Waals surface area contributed by atoms with Gasteiger partial charge < -0.3 is 5.32 Å². The fourth-order valence-electron chi connectivity index (χ4n) is 3.29. The predicted octanol–water partition coefficient (Wildman–Crippen LogP) is 3.27. The summed E-state index contributed by atoms with van der Waals surface area (Å²) in [6, 6.07) is 7.70. The second-order valence-corrected chi connectivity index (χ2v) is 6.86. The Bertz CT molecular complexity index is 451. The lowest BCUT2D eigenvalue weighted by Gasteiger charge is -2.33. The summed E-state index contributed by atoms with van der Waals surface area (Å²) < 4.78 is 0. The Kier molecular flexibility index (Phi) is 4.42. The SMILES string of the molecule is Cc1ccc(C)c(CN2CCCC(CNC3CC3)C2)c1. The van der Waals surface area contributed by atoms with Gasteiger partial charge in [-0.25, -0.2) is 0 Å². The van der Waals surface area contributed by atoms with E-state index < -0.39 is 0 Å². The molecule has 110 valence electrons. The van der Waals surface area contributed by atoms with Gasteiger partial charge in [-0.1, -0.05) is 23.8 Å². The standard InChI is InChI=1S/C18H28N2/c1-14-5-6-15(2)17(10-14)13-20-9-3-4-16(12-20)11-19-18-7-8-18/h5-6,10,16,18-19H,3-4,7-9,11-13H2,1-2H3. The lowest BCUT2D eigenvalue weighted by Crippen LogP contribution is -2.39. The van der Waals surface area contributed by atoms with Crippen LogP contribution < -0.4 is 5.32 Å². The van der Waals surface area contributed by atoms with E-state index in [9.17, 15) is 0 Å². The summed E-state index contributed by atoms with van der Waals surface area (Å²) in [7, 11) is 0. The number of rotatable bonds is 5. The molecule has 1 aromatic rings. The quantitative estimate of drug-likeness (QED) is 0.885. The van der Waals surface area contributed by atoms with Crippen molar-refractivity contribution in [3.63, 3.8) is 0 Å². The van der Waals surface area contributed by atoms with Gasteiger partial charge in [0.05, 0.1) is 0 Å². The lowest BCUT2D eigenvalue weighted by atomic mass is 9.96. The molecule has 0 aromatic heterocycles. The average molecular weight is 272 g/mol. The zero-order chi connectivity index (χ0) is 13.9. The first-order valence-electron chi connectivity index (χ1n) is 8.22. The van der Waals surface area contributed by atoms with Gasteiger partial charge in [0, 0.05) is 19.1 Å². The van der Waals surface area contributed by atoms with Crippen LogP contribution in [-0.4, -0.2) is 30.6 Å². The molecule has 1 N–H and O–H groups in total. The number of nitrogens with zero attached hydrogens (tertiary/aromatic N) is 1.